The molecule has 20 heavy (non-hydrogen) atoms. The van der Waals surface area contributed by atoms with Crippen molar-refractivity contribution >= 4 is 29.2 Å². The van der Waals surface area contributed by atoms with Crippen LogP contribution >= 0.6 is 11.6 Å². The van der Waals surface area contributed by atoms with Gasteiger partial charge in [-0.05, 0) is 6.42 Å². The summed E-state index contributed by atoms with van der Waals surface area (Å²) in [7, 11) is 0. The summed E-state index contributed by atoms with van der Waals surface area (Å²) in [5.41, 5.74) is -0.634. The average Bonchev–Trinajstić information content (AvgIpc) is 2.38. The van der Waals surface area contributed by atoms with E-state index in [1.54, 1.807) is 6.92 Å². The number of pyridine rings is 1. The van der Waals surface area contributed by atoms with Crippen LogP contribution in [0.2, 0.25) is 5.15 Å². The molecule has 1 heterocycles. The lowest BCUT2D eigenvalue weighted by atomic mass is 10.1. The van der Waals surface area contributed by atoms with E-state index in [0.29, 0.717) is 6.42 Å². The first-order chi connectivity index (χ1) is 9.36. The molecule has 0 aliphatic carbocycles. The van der Waals surface area contributed by atoms with Gasteiger partial charge in [0.05, 0.1) is 10.5 Å². The minimum atomic E-state index is -1.19. The summed E-state index contributed by atoms with van der Waals surface area (Å²) < 4.78 is 0. The zero-order chi connectivity index (χ0) is 15.3. The molecule has 0 bridgehead atoms. The number of carbonyl (C=O) groups is 2. The van der Waals surface area contributed by atoms with Crippen molar-refractivity contribution in [3.05, 3.63) is 33.1 Å². The molecule has 0 spiro atoms. The van der Waals surface area contributed by atoms with Gasteiger partial charge in [0, 0.05) is 6.07 Å². The number of amides is 1. The molecule has 1 aromatic heterocycles. The van der Waals surface area contributed by atoms with E-state index < -0.39 is 28.5 Å². The Morgan fingerprint density at radius 3 is 2.75 bits per heavy atom. The van der Waals surface area contributed by atoms with Crippen molar-refractivity contribution in [2.45, 2.75) is 25.8 Å². The number of halogens is 1. The van der Waals surface area contributed by atoms with E-state index in [1.807, 2.05) is 0 Å². The van der Waals surface area contributed by atoms with Crippen LogP contribution in [0.15, 0.2) is 12.3 Å². The lowest BCUT2D eigenvalue weighted by molar-refractivity contribution is -0.385. The predicted octanol–water partition coefficient (Wildman–Crippen LogP) is 1.63. The van der Waals surface area contributed by atoms with Crippen LogP contribution in [0.1, 0.15) is 30.1 Å². The van der Waals surface area contributed by atoms with Gasteiger partial charge in [-0.25, -0.2) is 9.78 Å². The Hall–Kier alpha value is -2.22. The Bertz CT molecular complexity index is 549. The number of nitrogens with zero attached hydrogens (tertiary/aromatic N) is 2. The molecule has 2 N–H and O–H groups in total. The highest BCUT2D eigenvalue weighted by Crippen LogP contribution is 2.19. The molecule has 0 aromatic carbocycles. The number of aliphatic carboxylic acids is 1. The Balaban J connectivity index is 2.99. The molecule has 0 aliphatic heterocycles. The Morgan fingerprint density at radius 2 is 2.25 bits per heavy atom. The fourth-order valence-electron chi connectivity index (χ4n) is 1.48. The second-order valence-corrected chi connectivity index (χ2v) is 4.30. The molecule has 1 atom stereocenters. The Labute approximate surface area is 118 Å². The average molecular weight is 302 g/mol. The summed E-state index contributed by atoms with van der Waals surface area (Å²) in [4.78, 5) is 36.3. The number of aromatic nitrogens is 1. The number of carboxylic acid groups (broad SMARTS) is 1. The highest BCUT2D eigenvalue weighted by Gasteiger charge is 2.23. The molecule has 8 nitrogen and oxygen atoms in total. The van der Waals surface area contributed by atoms with Gasteiger partial charge in [0.1, 0.15) is 17.4 Å². The number of carboxylic acids is 1. The number of hydrogen-bond donors (Lipinski definition) is 2. The molecule has 1 rings (SSSR count). The maximum Gasteiger partial charge on any atom is 0.326 e. The van der Waals surface area contributed by atoms with Crippen LogP contribution in [0.3, 0.4) is 0 Å². The van der Waals surface area contributed by atoms with Crippen LogP contribution < -0.4 is 5.32 Å². The van der Waals surface area contributed by atoms with Crippen LogP contribution in [-0.2, 0) is 4.79 Å². The van der Waals surface area contributed by atoms with Gasteiger partial charge < -0.3 is 10.4 Å². The van der Waals surface area contributed by atoms with Crippen molar-refractivity contribution in [1.29, 1.82) is 0 Å². The zero-order valence-corrected chi connectivity index (χ0v) is 11.3. The van der Waals surface area contributed by atoms with E-state index in [4.69, 9.17) is 16.7 Å². The smallest absolute Gasteiger partial charge is 0.326 e. The van der Waals surface area contributed by atoms with Crippen molar-refractivity contribution in [3.8, 4) is 0 Å². The van der Waals surface area contributed by atoms with E-state index in [1.165, 1.54) is 0 Å². The topological polar surface area (TPSA) is 122 Å². The van der Waals surface area contributed by atoms with Gasteiger partial charge in [-0.3, -0.25) is 14.9 Å². The third-order valence-electron chi connectivity index (χ3n) is 2.46. The molecule has 0 saturated carbocycles. The number of carbonyl (C=O) groups excluding carboxylic acids is 1. The first-order valence-electron chi connectivity index (χ1n) is 5.70. The lowest BCUT2D eigenvalue weighted by Crippen LogP contribution is -2.40. The molecular weight excluding hydrogens is 290 g/mol. The van der Waals surface area contributed by atoms with E-state index in [2.05, 4.69) is 10.3 Å². The normalized spacial score (nSPS) is 11.7. The van der Waals surface area contributed by atoms with Crippen molar-refractivity contribution in [3.63, 3.8) is 0 Å². The van der Waals surface area contributed by atoms with Gasteiger partial charge in [-0.1, -0.05) is 24.9 Å². The summed E-state index contributed by atoms with van der Waals surface area (Å²) in [6.07, 6.45) is 1.71. The van der Waals surface area contributed by atoms with Crippen LogP contribution in [0.4, 0.5) is 5.69 Å². The minimum absolute atomic E-state index is 0.228. The molecule has 1 aromatic rings. The number of hydrogen-bond acceptors (Lipinski definition) is 5. The number of nitro groups is 1. The molecule has 0 saturated heterocycles. The molecule has 0 fully saturated rings. The van der Waals surface area contributed by atoms with Gasteiger partial charge in [0.2, 0.25) is 0 Å². The zero-order valence-electron chi connectivity index (χ0n) is 10.5. The summed E-state index contributed by atoms with van der Waals surface area (Å²) in [5.74, 6) is -2.00. The van der Waals surface area contributed by atoms with Crippen molar-refractivity contribution in [1.82, 2.24) is 10.3 Å². The number of nitrogens with one attached hydrogen (secondary N) is 1. The second kappa shape index (κ2) is 6.80. The Kier molecular flexibility index (Phi) is 5.39. The van der Waals surface area contributed by atoms with Gasteiger partial charge in [0.25, 0.3) is 11.6 Å². The third-order valence-corrected chi connectivity index (χ3v) is 2.76. The van der Waals surface area contributed by atoms with Crippen LogP contribution in [-0.4, -0.2) is 32.9 Å². The largest absolute Gasteiger partial charge is 0.480 e. The van der Waals surface area contributed by atoms with E-state index in [9.17, 15) is 19.7 Å². The quantitative estimate of drug-likeness (QED) is 0.467. The summed E-state index contributed by atoms with van der Waals surface area (Å²) in [6, 6.07) is -0.127. The van der Waals surface area contributed by atoms with Crippen LogP contribution in [0, 0.1) is 10.1 Å². The molecule has 0 aliphatic rings. The van der Waals surface area contributed by atoms with Gasteiger partial charge in [0.15, 0.2) is 0 Å². The van der Waals surface area contributed by atoms with E-state index in [0.717, 1.165) is 12.3 Å². The van der Waals surface area contributed by atoms with Crippen molar-refractivity contribution in [2.24, 2.45) is 0 Å². The molecule has 0 radical (unpaired) electrons. The summed E-state index contributed by atoms with van der Waals surface area (Å²) in [6.45, 7) is 1.77. The predicted molar refractivity (Wildman–Crippen MR) is 69.7 cm³/mol. The Morgan fingerprint density at radius 1 is 1.60 bits per heavy atom. The molecular formula is C11H12ClN3O5. The monoisotopic (exact) mass is 301 g/mol. The molecule has 0 unspecified atom stereocenters. The van der Waals surface area contributed by atoms with Gasteiger partial charge in [-0.15, -0.1) is 0 Å². The summed E-state index contributed by atoms with van der Waals surface area (Å²) >= 11 is 5.69. The fraction of sp³-hybridized carbons (Fsp3) is 0.364. The SMILES string of the molecule is CCC[C@@H](NC(=O)c1cc([N+](=O)[O-])cnc1Cl)C(=O)O. The van der Waals surface area contributed by atoms with E-state index >= 15 is 0 Å². The second-order valence-electron chi connectivity index (χ2n) is 3.94. The molecule has 1 amide bonds. The van der Waals surface area contributed by atoms with Crippen LogP contribution in [0.25, 0.3) is 0 Å². The van der Waals surface area contributed by atoms with Gasteiger partial charge >= 0.3 is 5.97 Å². The highest BCUT2D eigenvalue weighted by molar-refractivity contribution is 6.32. The minimum Gasteiger partial charge on any atom is -0.480 e. The maximum absolute atomic E-state index is 11.9. The third kappa shape index (κ3) is 3.89. The van der Waals surface area contributed by atoms with Gasteiger partial charge in [-0.2, -0.15) is 0 Å². The fourth-order valence-corrected chi connectivity index (χ4v) is 1.67. The van der Waals surface area contributed by atoms with Crippen molar-refractivity contribution < 1.29 is 19.6 Å². The maximum atomic E-state index is 11.9. The van der Waals surface area contributed by atoms with Crippen molar-refractivity contribution in [2.75, 3.05) is 0 Å². The highest BCUT2D eigenvalue weighted by atomic mass is 35.5. The standard InChI is InChI=1S/C11H12ClN3O5/c1-2-3-8(11(17)18)14-10(16)7-4-6(15(19)20)5-13-9(7)12/h4-5,8H,2-3H2,1H3,(H,14,16)(H,17,18)/t8-/m1/s1. The first kappa shape index (κ1) is 15.8. The number of rotatable bonds is 6. The summed E-state index contributed by atoms with van der Waals surface area (Å²) in [5, 5.41) is 21.6. The van der Waals surface area contributed by atoms with Crippen LogP contribution in [0.5, 0.6) is 0 Å². The molecule has 9 heteroatoms. The molecule has 108 valence electrons. The lowest BCUT2D eigenvalue weighted by Gasteiger charge is -2.13. The van der Waals surface area contributed by atoms with E-state index in [-0.39, 0.29) is 17.1 Å². The first-order valence-corrected chi connectivity index (χ1v) is 6.08.